The Balaban J connectivity index is 1.31. The van der Waals surface area contributed by atoms with Crippen LogP contribution in [0, 0.1) is 5.92 Å². The van der Waals surface area contributed by atoms with Crippen molar-refractivity contribution in [2.45, 2.75) is 58.3 Å². The Kier molecular flexibility index (Phi) is 8.65. The average molecular weight is 586 g/mol. The van der Waals surface area contributed by atoms with Crippen LogP contribution in [0.25, 0.3) is 10.8 Å². The first-order valence-electron chi connectivity index (χ1n) is 13.6. The number of nitrogens with zero attached hydrogens (tertiary/aromatic N) is 3. The number of hydrogen-bond acceptors (Lipinski definition) is 11. The Morgan fingerprint density at radius 2 is 1.98 bits per heavy atom. The molecule has 3 N–H and O–H groups in total. The van der Waals surface area contributed by atoms with Gasteiger partial charge < -0.3 is 29.8 Å². The minimum Gasteiger partial charge on any atom is -0.463 e. The van der Waals surface area contributed by atoms with Crippen LogP contribution in [-0.4, -0.2) is 53.6 Å². The summed E-state index contributed by atoms with van der Waals surface area (Å²) in [5, 5.41) is 4.77. The van der Waals surface area contributed by atoms with Crippen molar-refractivity contribution in [3.63, 3.8) is 0 Å². The lowest BCUT2D eigenvalue weighted by atomic mass is 10.1. The molecule has 3 aromatic rings. The van der Waals surface area contributed by atoms with Crippen molar-refractivity contribution in [2.24, 2.45) is 16.6 Å². The molecule has 2 aliphatic rings. The molecule has 1 aromatic heterocycles. The molecular formula is C28H36N5O7P. The molecule has 2 unspecified atom stereocenters. The number of fused-ring (bicyclic) bond motifs is 2. The number of carbonyl (C=O) groups excluding carboxylic acids is 1. The molecule has 41 heavy (non-hydrogen) atoms. The summed E-state index contributed by atoms with van der Waals surface area (Å²) in [5.74, 6) is 0.125. The van der Waals surface area contributed by atoms with Crippen LogP contribution in [0.15, 0.2) is 53.8 Å². The Labute approximate surface area is 238 Å². The first-order chi connectivity index (χ1) is 19.7. The summed E-state index contributed by atoms with van der Waals surface area (Å²) in [6.07, 6.45) is 1.21. The predicted octanol–water partition coefficient (Wildman–Crippen LogP) is 4.98. The summed E-state index contributed by atoms with van der Waals surface area (Å²) in [6.45, 7) is 5.21. The number of imidazole rings is 1. The molecule has 5 rings (SSSR count). The maximum Gasteiger partial charge on any atom is 0.380 e. The minimum absolute atomic E-state index is 0.0130. The SMILES string of the molecule is COC1N=C(N)Nc2c1ncn2[C@H]1CC[C@@H](COP(=O)(C[C@@H](C)C(=O)OC(C)C)Oc2cccc3ccccc23)O1. The molecule has 2 aromatic carbocycles. The molecule has 3 heterocycles. The first-order valence-corrected chi connectivity index (χ1v) is 15.4. The monoisotopic (exact) mass is 585 g/mol. The topological polar surface area (TPSA) is 149 Å². The smallest absolute Gasteiger partial charge is 0.380 e. The summed E-state index contributed by atoms with van der Waals surface area (Å²) in [5.41, 5.74) is 6.54. The van der Waals surface area contributed by atoms with Crippen molar-refractivity contribution in [1.82, 2.24) is 9.55 Å². The van der Waals surface area contributed by atoms with E-state index in [1.807, 2.05) is 41.0 Å². The number of esters is 1. The second-order valence-corrected chi connectivity index (χ2v) is 12.5. The van der Waals surface area contributed by atoms with E-state index < -0.39 is 25.7 Å². The lowest BCUT2D eigenvalue weighted by molar-refractivity contribution is -0.151. The van der Waals surface area contributed by atoms with E-state index in [1.54, 1.807) is 33.2 Å². The van der Waals surface area contributed by atoms with Crippen LogP contribution in [0.1, 0.15) is 51.8 Å². The van der Waals surface area contributed by atoms with Crippen molar-refractivity contribution >= 4 is 36.1 Å². The van der Waals surface area contributed by atoms with Crippen LogP contribution in [0.3, 0.4) is 0 Å². The second-order valence-electron chi connectivity index (χ2n) is 10.4. The molecule has 13 heteroatoms. The van der Waals surface area contributed by atoms with E-state index in [1.165, 1.54) is 7.11 Å². The fraction of sp³-hybridized carbons (Fsp3) is 0.464. The van der Waals surface area contributed by atoms with E-state index in [4.69, 9.17) is 29.0 Å². The fourth-order valence-corrected chi connectivity index (χ4v) is 6.82. The van der Waals surface area contributed by atoms with Gasteiger partial charge in [-0.05, 0) is 38.1 Å². The van der Waals surface area contributed by atoms with Gasteiger partial charge in [0.2, 0.25) is 0 Å². The first kappa shape index (κ1) is 29.1. The van der Waals surface area contributed by atoms with E-state index >= 15 is 0 Å². The zero-order valence-electron chi connectivity index (χ0n) is 23.6. The van der Waals surface area contributed by atoms with E-state index in [9.17, 15) is 9.36 Å². The maximum atomic E-state index is 14.2. The number of benzene rings is 2. The zero-order chi connectivity index (χ0) is 29.1. The van der Waals surface area contributed by atoms with Crippen molar-refractivity contribution < 1.29 is 32.6 Å². The highest BCUT2D eigenvalue weighted by atomic mass is 31.2. The number of anilines is 1. The summed E-state index contributed by atoms with van der Waals surface area (Å²) < 4.78 is 45.2. The van der Waals surface area contributed by atoms with Gasteiger partial charge in [-0.1, -0.05) is 43.3 Å². The van der Waals surface area contributed by atoms with E-state index in [0.29, 0.717) is 30.1 Å². The van der Waals surface area contributed by atoms with Gasteiger partial charge in [0, 0.05) is 12.5 Å². The molecular weight excluding hydrogens is 549 g/mol. The number of hydrogen-bond donors (Lipinski definition) is 2. The van der Waals surface area contributed by atoms with Crippen molar-refractivity contribution in [2.75, 3.05) is 25.2 Å². The van der Waals surface area contributed by atoms with Crippen molar-refractivity contribution in [3.05, 3.63) is 54.5 Å². The third kappa shape index (κ3) is 6.56. The van der Waals surface area contributed by atoms with Gasteiger partial charge in [0.1, 0.15) is 23.5 Å². The Bertz CT molecular complexity index is 1470. The molecule has 5 atom stereocenters. The normalized spacial score (nSPS) is 22.5. The molecule has 0 spiro atoms. The number of rotatable bonds is 11. The number of nitrogens with two attached hydrogens (primary N) is 1. The summed E-state index contributed by atoms with van der Waals surface area (Å²) in [4.78, 5) is 21.2. The Morgan fingerprint density at radius 1 is 1.20 bits per heavy atom. The van der Waals surface area contributed by atoms with Gasteiger partial charge in [-0.2, -0.15) is 0 Å². The summed E-state index contributed by atoms with van der Waals surface area (Å²) in [7, 11) is -2.29. The third-order valence-corrected chi connectivity index (χ3v) is 8.89. The lowest BCUT2D eigenvalue weighted by Gasteiger charge is -2.25. The highest BCUT2D eigenvalue weighted by Crippen LogP contribution is 2.52. The molecule has 2 aliphatic heterocycles. The van der Waals surface area contributed by atoms with Gasteiger partial charge in [0.05, 0.1) is 37.2 Å². The lowest BCUT2D eigenvalue weighted by Crippen LogP contribution is -2.30. The number of guanidine groups is 1. The van der Waals surface area contributed by atoms with Gasteiger partial charge in [0.15, 0.2) is 12.2 Å². The maximum absolute atomic E-state index is 14.2. The minimum atomic E-state index is -3.83. The Hall–Kier alpha value is -3.44. The largest absolute Gasteiger partial charge is 0.463 e. The van der Waals surface area contributed by atoms with Crippen LogP contribution in [0.2, 0.25) is 0 Å². The highest BCUT2D eigenvalue weighted by Gasteiger charge is 2.37. The van der Waals surface area contributed by atoms with Crippen LogP contribution < -0.4 is 15.6 Å². The molecule has 220 valence electrons. The molecule has 0 amide bonds. The summed E-state index contributed by atoms with van der Waals surface area (Å²) >= 11 is 0. The molecule has 0 saturated carbocycles. The van der Waals surface area contributed by atoms with Gasteiger partial charge in [-0.3, -0.25) is 13.9 Å². The highest BCUT2D eigenvalue weighted by molar-refractivity contribution is 7.54. The third-order valence-electron chi connectivity index (χ3n) is 6.87. The zero-order valence-corrected chi connectivity index (χ0v) is 24.5. The van der Waals surface area contributed by atoms with Gasteiger partial charge in [-0.15, -0.1) is 0 Å². The predicted molar refractivity (Wildman–Crippen MR) is 154 cm³/mol. The molecule has 0 radical (unpaired) electrons. The van der Waals surface area contributed by atoms with Crippen molar-refractivity contribution in [1.29, 1.82) is 0 Å². The molecule has 1 fully saturated rings. The van der Waals surface area contributed by atoms with Gasteiger partial charge in [0.25, 0.3) is 0 Å². The van der Waals surface area contributed by atoms with E-state index in [-0.39, 0.29) is 37.2 Å². The molecule has 0 aliphatic carbocycles. The summed E-state index contributed by atoms with van der Waals surface area (Å²) in [6, 6.07) is 13.2. The van der Waals surface area contributed by atoms with E-state index in [2.05, 4.69) is 15.3 Å². The number of ether oxygens (including phenoxy) is 3. The van der Waals surface area contributed by atoms with Crippen LogP contribution in [-0.2, 0) is 28.1 Å². The average Bonchev–Trinajstić information content (AvgIpc) is 3.58. The quantitative estimate of drug-likeness (QED) is 0.233. The van der Waals surface area contributed by atoms with Crippen LogP contribution in [0.4, 0.5) is 5.82 Å². The number of carbonyl (C=O) groups is 1. The standard InChI is InChI=1S/C28H36N5O7P/c1-17(2)38-27(34)18(3)15-41(35,40-22-11-7-9-19-8-5-6-10-21(19)22)37-14-20-12-13-23(39-20)33-16-30-24-25(33)31-28(29)32-26(24)36-4/h5-11,16-18,20,23,26H,12-15H2,1-4H3,(H3,29,31,32)/t18-,20+,23-,26?,41?/m1/s1. The van der Waals surface area contributed by atoms with Gasteiger partial charge >= 0.3 is 13.6 Å². The number of methoxy groups -OCH3 is 1. The number of aromatic nitrogens is 2. The molecule has 1 saturated heterocycles. The van der Waals surface area contributed by atoms with E-state index in [0.717, 1.165) is 10.8 Å². The van der Waals surface area contributed by atoms with Crippen LogP contribution in [0.5, 0.6) is 5.75 Å². The number of nitrogens with one attached hydrogen (secondary N) is 1. The van der Waals surface area contributed by atoms with Crippen LogP contribution >= 0.6 is 7.60 Å². The molecule has 0 bridgehead atoms. The van der Waals surface area contributed by atoms with Crippen molar-refractivity contribution in [3.8, 4) is 5.75 Å². The van der Waals surface area contributed by atoms with Gasteiger partial charge in [-0.25, -0.2) is 14.5 Å². The molecule has 12 nitrogen and oxygen atoms in total. The Morgan fingerprint density at radius 3 is 2.76 bits per heavy atom. The second kappa shape index (κ2) is 12.2. The number of aliphatic imine (C=N–C) groups is 1. The fourth-order valence-electron chi connectivity index (χ4n) is 4.92.